The van der Waals surface area contributed by atoms with Crippen LogP contribution in [0.25, 0.3) is 0 Å². The maximum absolute atomic E-state index is 5.39. The third-order valence-corrected chi connectivity index (χ3v) is 3.81. The average Bonchev–Trinajstić information content (AvgIpc) is 3.30. The van der Waals surface area contributed by atoms with E-state index in [-0.39, 0.29) is 0 Å². The average molecular weight is 330 g/mol. The van der Waals surface area contributed by atoms with Gasteiger partial charge in [0.1, 0.15) is 18.8 Å². The quantitative estimate of drug-likeness (QED) is 0.716. The molecule has 0 unspecified atom stereocenters. The fourth-order valence-corrected chi connectivity index (χ4v) is 2.88. The van der Waals surface area contributed by atoms with Gasteiger partial charge in [-0.15, -0.1) is 0 Å². The zero-order valence-corrected chi connectivity index (χ0v) is 13.0. The second-order valence-electron chi connectivity index (χ2n) is 5.71. The Balaban J connectivity index is 1.44. The molecule has 1 aliphatic heterocycles. The van der Waals surface area contributed by atoms with Crippen LogP contribution in [0, 0.1) is 5.92 Å². The summed E-state index contributed by atoms with van der Waals surface area (Å²) in [5, 5.41) is 4.12. The predicted molar refractivity (Wildman–Crippen MR) is 80.7 cm³/mol. The number of hydrogen-bond donors (Lipinski definition) is 1. The molecule has 1 N–H and O–H groups in total. The molecule has 1 aliphatic rings. The molecule has 0 aromatic carbocycles. The Hall–Kier alpha value is -2.49. The normalized spacial score (nSPS) is 17.5. The van der Waals surface area contributed by atoms with Crippen LogP contribution < -0.4 is 5.53 Å². The Morgan fingerprint density at radius 2 is 1.33 bits per heavy atom. The minimum Gasteiger partial charge on any atom is -0.449 e. The Labute approximate surface area is 138 Å². The van der Waals surface area contributed by atoms with Crippen molar-refractivity contribution in [2.75, 3.05) is 13.1 Å². The summed E-state index contributed by atoms with van der Waals surface area (Å²) in [5.41, 5.74) is 3.36. The smallest absolute Gasteiger partial charge is 0.209 e. The largest absolute Gasteiger partial charge is 0.449 e. The van der Waals surface area contributed by atoms with Gasteiger partial charge in [0.2, 0.25) is 11.8 Å². The van der Waals surface area contributed by atoms with E-state index >= 15 is 0 Å². The van der Waals surface area contributed by atoms with Crippen LogP contribution in [-0.4, -0.2) is 38.1 Å². The molecule has 4 heterocycles. The molecule has 0 bridgehead atoms. The van der Waals surface area contributed by atoms with Gasteiger partial charge in [-0.05, 0) is 5.92 Å². The van der Waals surface area contributed by atoms with E-state index in [0.29, 0.717) is 30.8 Å². The molecule has 24 heavy (non-hydrogen) atoms. The summed E-state index contributed by atoms with van der Waals surface area (Å²) in [7, 11) is 0. The summed E-state index contributed by atoms with van der Waals surface area (Å²) in [4.78, 5) is 12.6. The van der Waals surface area contributed by atoms with E-state index in [2.05, 4.69) is 30.5 Å². The van der Waals surface area contributed by atoms with Crippen LogP contribution in [0.1, 0.15) is 17.7 Å². The van der Waals surface area contributed by atoms with Gasteiger partial charge >= 0.3 is 0 Å². The van der Waals surface area contributed by atoms with Crippen LogP contribution in [0.5, 0.6) is 0 Å². The highest BCUT2D eigenvalue weighted by molar-refractivity contribution is 4.88. The summed E-state index contributed by atoms with van der Waals surface area (Å²) in [5.74, 6) is 2.41. The SMILES string of the molecule is c1coc(CC2CN(Cc3ncco3)NN(Cc3ncco3)C2)n1. The fourth-order valence-electron chi connectivity index (χ4n) is 2.88. The first-order valence-electron chi connectivity index (χ1n) is 7.76. The standard InChI is InChI=1S/C15H18N6O3/c1-4-22-13(16-1)7-12-8-20(10-14-17-2-5-23-14)19-21(9-12)11-15-18-3-6-24-15/h1-6,12,19H,7-11H2. The van der Waals surface area contributed by atoms with Crippen molar-refractivity contribution < 1.29 is 13.3 Å². The molecule has 0 saturated carbocycles. The summed E-state index contributed by atoms with van der Waals surface area (Å²) < 4.78 is 16.1. The van der Waals surface area contributed by atoms with Crippen LogP contribution in [0.15, 0.2) is 50.6 Å². The lowest BCUT2D eigenvalue weighted by molar-refractivity contribution is -0.0620. The van der Waals surface area contributed by atoms with Gasteiger partial charge in [0.25, 0.3) is 0 Å². The number of rotatable bonds is 6. The first-order valence-corrected chi connectivity index (χ1v) is 7.76. The van der Waals surface area contributed by atoms with Crippen molar-refractivity contribution in [2.45, 2.75) is 19.5 Å². The number of hydrazine groups is 2. The van der Waals surface area contributed by atoms with Crippen LogP contribution in [0.2, 0.25) is 0 Å². The minimum absolute atomic E-state index is 0.342. The second-order valence-corrected chi connectivity index (χ2v) is 5.71. The molecule has 3 aromatic heterocycles. The topological polar surface area (TPSA) is 96.6 Å². The molecule has 0 radical (unpaired) electrons. The summed E-state index contributed by atoms with van der Waals surface area (Å²) in [6.45, 7) is 2.79. The first kappa shape index (κ1) is 15.1. The molecule has 126 valence electrons. The monoisotopic (exact) mass is 330 g/mol. The van der Waals surface area contributed by atoms with Crippen LogP contribution in [0.3, 0.4) is 0 Å². The summed E-state index contributed by atoms with van der Waals surface area (Å²) in [6, 6.07) is 0. The summed E-state index contributed by atoms with van der Waals surface area (Å²) in [6.07, 6.45) is 10.5. The Morgan fingerprint density at radius 3 is 1.79 bits per heavy atom. The van der Waals surface area contributed by atoms with E-state index in [9.17, 15) is 0 Å². The molecule has 3 aromatic rings. The van der Waals surface area contributed by atoms with Gasteiger partial charge in [-0.25, -0.2) is 25.0 Å². The zero-order chi connectivity index (χ0) is 16.2. The molecule has 0 aliphatic carbocycles. The minimum atomic E-state index is 0.342. The third kappa shape index (κ3) is 3.70. The van der Waals surface area contributed by atoms with Crippen molar-refractivity contribution >= 4 is 0 Å². The van der Waals surface area contributed by atoms with Gasteiger partial charge < -0.3 is 13.3 Å². The highest BCUT2D eigenvalue weighted by Crippen LogP contribution is 2.17. The van der Waals surface area contributed by atoms with Crippen molar-refractivity contribution in [1.82, 2.24) is 30.5 Å². The van der Waals surface area contributed by atoms with E-state index in [1.54, 1.807) is 37.4 Å². The van der Waals surface area contributed by atoms with E-state index in [1.807, 2.05) is 0 Å². The van der Waals surface area contributed by atoms with E-state index < -0.39 is 0 Å². The first-order chi connectivity index (χ1) is 11.8. The van der Waals surface area contributed by atoms with Gasteiger partial charge in [-0.1, -0.05) is 0 Å². The molecule has 0 atom stereocenters. The Kier molecular flexibility index (Phi) is 4.36. The van der Waals surface area contributed by atoms with Crippen molar-refractivity contribution in [3.63, 3.8) is 0 Å². The Morgan fingerprint density at radius 1 is 0.833 bits per heavy atom. The molecule has 9 nitrogen and oxygen atoms in total. The molecule has 1 saturated heterocycles. The molecule has 1 fully saturated rings. The molecule has 0 spiro atoms. The van der Waals surface area contributed by atoms with Gasteiger partial charge in [-0.3, -0.25) is 0 Å². The predicted octanol–water partition coefficient (Wildman–Crippen LogP) is 1.25. The lowest BCUT2D eigenvalue weighted by atomic mass is 10.0. The second kappa shape index (κ2) is 6.95. The number of oxazole rings is 3. The number of hydrogen-bond acceptors (Lipinski definition) is 9. The molecule has 0 amide bonds. The van der Waals surface area contributed by atoms with Crippen molar-refractivity contribution in [3.8, 4) is 0 Å². The maximum atomic E-state index is 5.39. The van der Waals surface area contributed by atoms with Crippen molar-refractivity contribution in [2.24, 2.45) is 5.92 Å². The highest BCUT2D eigenvalue weighted by Gasteiger charge is 2.28. The fraction of sp³-hybridized carbons (Fsp3) is 0.400. The van der Waals surface area contributed by atoms with E-state index in [0.717, 1.165) is 25.4 Å². The van der Waals surface area contributed by atoms with E-state index in [4.69, 9.17) is 13.3 Å². The molecular formula is C15H18N6O3. The van der Waals surface area contributed by atoms with Crippen molar-refractivity contribution in [3.05, 3.63) is 55.1 Å². The zero-order valence-electron chi connectivity index (χ0n) is 13.0. The number of nitrogens with one attached hydrogen (secondary N) is 1. The van der Waals surface area contributed by atoms with Gasteiger partial charge in [0.15, 0.2) is 5.89 Å². The van der Waals surface area contributed by atoms with E-state index in [1.165, 1.54) is 0 Å². The van der Waals surface area contributed by atoms with Crippen LogP contribution in [-0.2, 0) is 19.5 Å². The molecular weight excluding hydrogens is 312 g/mol. The van der Waals surface area contributed by atoms with Gasteiger partial charge in [0.05, 0.1) is 31.7 Å². The lowest BCUT2D eigenvalue weighted by Crippen LogP contribution is -2.58. The Bertz CT molecular complexity index is 606. The lowest BCUT2D eigenvalue weighted by Gasteiger charge is -2.39. The van der Waals surface area contributed by atoms with Gasteiger partial charge in [-0.2, -0.15) is 5.53 Å². The summed E-state index contributed by atoms with van der Waals surface area (Å²) >= 11 is 0. The number of nitrogens with zero attached hydrogens (tertiary/aromatic N) is 5. The van der Waals surface area contributed by atoms with Crippen molar-refractivity contribution in [1.29, 1.82) is 0 Å². The molecule has 4 rings (SSSR count). The maximum Gasteiger partial charge on any atom is 0.209 e. The molecule has 9 heteroatoms. The highest BCUT2D eigenvalue weighted by atomic mass is 16.3. The third-order valence-electron chi connectivity index (χ3n) is 3.81. The number of aromatic nitrogens is 3. The van der Waals surface area contributed by atoms with Gasteiger partial charge in [0, 0.05) is 19.5 Å². The van der Waals surface area contributed by atoms with Crippen LogP contribution >= 0.6 is 0 Å². The van der Waals surface area contributed by atoms with Crippen LogP contribution in [0.4, 0.5) is 0 Å².